The highest BCUT2D eigenvalue weighted by Gasteiger charge is 2.24. The van der Waals surface area contributed by atoms with E-state index in [2.05, 4.69) is 15.5 Å². The van der Waals surface area contributed by atoms with Crippen molar-refractivity contribution in [2.45, 2.75) is 20.8 Å². The molecular formula is C28H26N6O3. The number of carbonyl (C=O) groups excluding carboxylic acids is 2. The van der Waals surface area contributed by atoms with E-state index in [1.807, 2.05) is 75.5 Å². The molecule has 9 nitrogen and oxygen atoms in total. The van der Waals surface area contributed by atoms with Crippen molar-refractivity contribution in [2.75, 3.05) is 11.9 Å². The van der Waals surface area contributed by atoms with Gasteiger partial charge in [-0.25, -0.2) is 14.5 Å². The number of fused-ring (bicyclic) bond motifs is 1. The molecule has 1 N–H and O–H groups in total. The predicted octanol–water partition coefficient (Wildman–Crippen LogP) is 4.87. The molecule has 0 radical (unpaired) electrons. The number of nitrogens with one attached hydrogen (secondary N) is 1. The molecule has 186 valence electrons. The van der Waals surface area contributed by atoms with E-state index in [0.717, 1.165) is 17.0 Å². The topological polar surface area (TPSA) is 104 Å². The number of hydrogen-bond acceptors (Lipinski definition) is 6. The van der Waals surface area contributed by atoms with E-state index in [9.17, 15) is 9.59 Å². The number of aryl methyl sites for hydroxylation is 2. The standard InChI is InChI=1S/C28H26N6O3/c1-5-37-28(36)22-16-29-34(19-11-7-6-8-12-19)26(22)31-27(35)21-15-24(25-17(2)32-33(4)18(25)3)30-23-14-10-9-13-20(21)23/h6-16H,5H2,1-4H3,(H,31,35). The van der Waals surface area contributed by atoms with Gasteiger partial charge in [0.1, 0.15) is 5.56 Å². The van der Waals surface area contributed by atoms with Crippen LogP contribution in [0.4, 0.5) is 5.82 Å². The molecular weight excluding hydrogens is 468 g/mol. The third-order valence-electron chi connectivity index (χ3n) is 6.22. The van der Waals surface area contributed by atoms with Gasteiger partial charge in [-0.1, -0.05) is 36.4 Å². The Morgan fingerprint density at radius 2 is 1.73 bits per heavy atom. The van der Waals surface area contributed by atoms with Crippen molar-refractivity contribution in [2.24, 2.45) is 7.05 Å². The molecule has 0 aliphatic heterocycles. The van der Waals surface area contributed by atoms with Crippen LogP contribution < -0.4 is 5.32 Å². The van der Waals surface area contributed by atoms with Gasteiger partial charge in [-0.2, -0.15) is 10.2 Å². The Morgan fingerprint density at radius 3 is 2.43 bits per heavy atom. The van der Waals surface area contributed by atoms with Crippen LogP contribution in [0.15, 0.2) is 66.9 Å². The first-order valence-electron chi connectivity index (χ1n) is 11.9. The van der Waals surface area contributed by atoms with Crippen LogP contribution in [0.5, 0.6) is 0 Å². The number of benzene rings is 2. The van der Waals surface area contributed by atoms with Crippen LogP contribution in [0.1, 0.15) is 39.0 Å². The molecule has 9 heteroatoms. The minimum absolute atomic E-state index is 0.164. The van der Waals surface area contributed by atoms with Crippen LogP contribution >= 0.6 is 0 Å². The van der Waals surface area contributed by atoms with E-state index < -0.39 is 11.9 Å². The first kappa shape index (κ1) is 23.9. The number of esters is 1. The summed E-state index contributed by atoms with van der Waals surface area (Å²) in [5, 5.41) is 12.5. The van der Waals surface area contributed by atoms with Gasteiger partial charge in [0.15, 0.2) is 5.82 Å². The minimum atomic E-state index is -0.568. The summed E-state index contributed by atoms with van der Waals surface area (Å²) >= 11 is 0. The van der Waals surface area contributed by atoms with Crippen molar-refractivity contribution in [1.29, 1.82) is 0 Å². The van der Waals surface area contributed by atoms with E-state index in [1.165, 1.54) is 10.9 Å². The third kappa shape index (κ3) is 4.35. The number of amides is 1. The smallest absolute Gasteiger partial charge is 0.343 e. The second kappa shape index (κ2) is 9.69. The molecule has 0 spiro atoms. The van der Waals surface area contributed by atoms with Crippen molar-refractivity contribution in [1.82, 2.24) is 24.5 Å². The fourth-order valence-corrected chi connectivity index (χ4v) is 4.40. The fourth-order valence-electron chi connectivity index (χ4n) is 4.40. The Bertz CT molecular complexity index is 1640. The minimum Gasteiger partial charge on any atom is -0.462 e. The molecule has 5 aromatic rings. The van der Waals surface area contributed by atoms with E-state index >= 15 is 0 Å². The number of ether oxygens (including phenoxy) is 1. The number of carbonyl (C=O) groups is 2. The molecule has 0 saturated carbocycles. The third-order valence-corrected chi connectivity index (χ3v) is 6.22. The molecule has 0 atom stereocenters. The van der Waals surface area contributed by atoms with Gasteiger partial charge in [-0.05, 0) is 45.0 Å². The zero-order valence-electron chi connectivity index (χ0n) is 21.0. The molecule has 37 heavy (non-hydrogen) atoms. The lowest BCUT2D eigenvalue weighted by Crippen LogP contribution is -2.18. The monoisotopic (exact) mass is 494 g/mol. The van der Waals surface area contributed by atoms with Crippen molar-refractivity contribution >= 4 is 28.6 Å². The molecule has 0 aliphatic carbocycles. The molecule has 2 aromatic carbocycles. The van der Waals surface area contributed by atoms with Gasteiger partial charge in [-0.15, -0.1) is 0 Å². The highest BCUT2D eigenvalue weighted by molar-refractivity contribution is 6.14. The first-order chi connectivity index (χ1) is 17.9. The molecule has 0 aliphatic rings. The molecule has 1 amide bonds. The van der Waals surface area contributed by atoms with Crippen LogP contribution in [0, 0.1) is 13.8 Å². The maximum atomic E-state index is 13.8. The zero-order chi connectivity index (χ0) is 26.1. The molecule has 3 heterocycles. The molecule has 3 aromatic heterocycles. The van der Waals surface area contributed by atoms with Crippen molar-refractivity contribution in [3.05, 3.63) is 89.4 Å². The normalized spacial score (nSPS) is 11.0. The van der Waals surface area contributed by atoms with Gasteiger partial charge in [0.25, 0.3) is 5.91 Å². The summed E-state index contributed by atoms with van der Waals surface area (Å²) in [4.78, 5) is 31.4. The van der Waals surface area contributed by atoms with Crippen LogP contribution in [0.25, 0.3) is 27.8 Å². The van der Waals surface area contributed by atoms with Crippen LogP contribution in [0.2, 0.25) is 0 Å². The molecule has 0 unspecified atom stereocenters. The Hall–Kier alpha value is -4.79. The van der Waals surface area contributed by atoms with E-state index in [-0.39, 0.29) is 18.0 Å². The number of para-hydroxylation sites is 2. The summed E-state index contributed by atoms with van der Waals surface area (Å²) in [6.45, 7) is 5.81. The number of nitrogens with zero attached hydrogens (tertiary/aromatic N) is 5. The van der Waals surface area contributed by atoms with Crippen molar-refractivity contribution in [3.8, 4) is 16.9 Å². The quantitative estimate of drug-likeness (QED) is 0.338. The summed E-state index contributed by atoms with van der Waals surface area (Å²) in [7, 11) is 1.88. The summed E-state index contributed by atoms with van der Waals surface area (Å²) in [5.41, 5.74) is 5.23. The summed E-state index contributed by atoms with van der Waals surface area (Å²) in [5.74, 6) is -0.741. The van der Waals surface area contributed by atoms with E-state index in [1.54, 1.807) is 17.7 Å². The Kier molecular flexibility index (Phi) is 6.27. The largest absolute Gasteiger partial charge is 0.462 e. The van der Waals surface area contributed by atoms with E-state index in [4.69, 9.17) is 9.72 Å². The SMILES string of the molecule is CCOC(=O)c1cnn(-c2ccccc2)c1NC(=O)c1cc(-c2c(C)nn(C)c2C)nc2ccccc12. The van der Waals surface area contributed by atoms with Crippen LogP contribution in [-0.4, -0.2) is 43.0 Å². The number of pyridine rings is 1. The Balaban J connectivity index is 1.64. The Morgan fingerprint density at radius 1 is 1.00 bits per heavy atom. The second-order valence-electron chi connectivity index (χ2n) is 8.57. The lowest BCUT2D eigenvalue weighted by Gasteiger charge is -2.13. The number of anilines is 1. The van der Waals surface area contributed by atoms with Crippen LogP contribution in [0.3, 0.4) is 0 Å². The second-order valence-corrected chi connectivity index (χ2v) is 8.57. The van der Waals surface area contributed by atoms with Gasteiger partial charge < -0.3 is 10.1 Å². The Labute approximate surface area is 213 Å². The summed E-state index contributed by atoms with van der Waals surface area (Å²) < 4.78 is 8.53. The molecule has 0 saturated heterocycles. The lowest BCUT2D eigenvalue weighted by molar-refractivity contribution is 0.0527. The fraction of sp³-hybridized carbons (Fsp3) is 0.179. The number of rotatable bonds is 6. The molecule has 0 bridgehead atoms. The van der Waals surface area contributed by atoms with Crippen molar-refractivity contribution in [3.63, 3.8) is 0 Å². The highest BCUT2D eigenvalue weighted by atomic mass is 16.5. The predicted molar refractivity (Wildman–Crippen MR) is 141 cm³/mol. The van der Waals surface area contributed by atoms with E-state index in [0.29, 0.717) is 27.8 Å². The van der Waals surface area contributed by atoms with Gasteiger partial charge in [0.2, 0.25) is 0 Å². The van der Waals surface area contributed by atoms with Gasteiger partial charge in [0.05, 0.1) is 41.0 Å². The average molecular weight is 495 g/mol. The van der Waals surface area contributed by atoms with Gasteiger partial charge >= 0.3 is 5.97 Å². The van der Waals surface area contributed by atoms with Crippen LogP contribution in [-0.2, 0) is 11.8 Å². The lowest BCUT2D eigenvalue weighted by atomic mass is 10.0. The van der Waals surface area contributed by atoms with Gasteiger partial charge in [-0.3, -0.25) is 9.48 Å². The molecule has 5 rings (SSSR count). The summed E-state index contributed by atoms with van der Waals surface area (Å²) in [6, 6.07) is 18.5. The highest BCUT2D eigenvalue weighted by Crippen LogP contribution is 2.30. The first-order valence-corrected chi connectivity index (χ1v) is 11.9. The van der Waals surface area contributed by atoms with Gasteiger partial charge in [0, 0.05) is 23.7 Å². The average Bonchev–Trinajstić information content (AvgIpc) is 3.43. The summed E-state index contributed by atoms with van der Waals surface area (Å²) in [6.07, 6.45) is 1.40. The number of hydrogen-bond donors (Lipinski definition) is 1. The van der Waals surface area contributed by atoms with Crippen molar-refractivity contribution < 1.29 is 14.3 Å². The maximum absolute atomic E-state index is 13.8. The zero-order valence-corrected chi connectivity index (χ0v) is 21.0. The number of aromatic nitrogens is 5. The molecule has 0 fully saturated rings. The maximum Gasteiger partial charge on any atom is 0.343 e.